The zero-order valence-corrected chi connectivity index (χ0v) is 6.25. The molecule has 3 heteroatoms. The third-order valence-electron chi connectivity index (χ3n) is 1.28. The molecule has 0 unspecified atom stereocenters. The Balaban J connectivity index is 2.28. The number of pyridine rings is 1. The molecule has 59 valence electrons. The van der Waals surface area contributed by atoms with Crippen LogP contribution in [0, 0.1) is 6.07 Å². The van der Waals surface area contributed by atoms with Crippen molar-refractivity contribution in [3.63, 3.8) is 0 Å². The first-order valence-corrected chi connectivity index (χ1v) is 3.55. The molecule has 0 amide bonds. The number of hydrogen-bond acceptors (Lipinski definition) is 3. The Hall–Kier alpha value is -0.930. The highest BCUT2D eigenvalue weighted by molar-refractivity contribution is 5.06. The molecule has 2 N–H and O–H groups in total. The number of nitrogens with zero attached hydrogens (tertiary/aromatic N) is 1. The van der Waals surface area contributed by atoms with E-state index in [0.29, 0.717) is 6.54 Å². The van der Waals surface area contributed by atoms with Crippen molar-refractivity contribution < 1.29 is 5.11 Å². The molecule has 0 bridgehead atoms. The fourth-order valence-electron chi connectivity index (χ4n) is 0.766. The van der Waals surface area contributed by atoms with Gasteiger partial charge in [-0.2, -0.15) is 0 Å². The van der Waals surface area contributed by atoms with Crippen LogP contribution in [0.15, 0.2) is 18.5 Å². The summed E-state index contributed by atoms with van der Waals surface area (Å²) in [6, 6.07) is 4.75. The van der Waals surface area contributed by atoms with Gasteiger partial charge in [-0.3, -0.25) is 4.98 Å². The molecule has 0 atom stereocenters. The van der Waals surface area contributed by atoms with E-state index in [1.54, 1.807) is 12.4 Å². The van der Waals surface area contributed by atoms with Gasteiger partial charge in [0.05, 0.1) is 6.61 Å². The van der Waals surface area contributed by atoms with E-state index in [-0.39, 0.29) is 6.61 Å². The maximum Gasteiger partial charge on any atom is 0.0556 e. The minimum absolute atomic E-state index is 0.171. The van der Waals surface area contributed by atoms with E-state index >= 15 is 0 Å². The fourth-order valence-corrected chi connectivity index (χ4v) is 0.766. The smallest absolute Gasteiger partial charge is 0.0556 e. The molecule has 0 aliphatic rings. The lowest BCUT2D eigenvalue weighted by atomic mass is 10.3. The van der Waals surface area contributed by atoms with Crippen LogP contribution in [0.4, 0.5) is 0 Å². The Kier molecular flexibility index (Phi) is 3.58. The summed E-state index contributed by atoms with van der Waals surface area (Å²) < 4.78 is 0. The maximum absolute atomic E-state index is 8.46. The predicted octanol–water partition coefficient (Wildman–Crippen LogP) is -0.0363. The van der Waals surface area contributed by atoms with Gasteiger partial charge in [-0.05, 0) is 11.6 Å². The SMILES string of the molecule is OCCNCc1c[c]cnc1. The number of rotatable bonds is 4. The Morgan fingerprint density at radius 2 is 2.55 bits per heavy atom. The standard InChI is InChI=1S/C8H11N2O/c11-5-4-10-7-8-2-1-3-9-6-8/h2-3,6,10-11H,4-5,7H2. The molecule has 3 nitrogen and oxygen atoms in total. The summed E-state index contributed by atoms with van der Waals surface area (Å²) in [4.78, 5) is 3.91. The third kappa shape index (κ3) is 3.11. The number of hydrogen-bond donors (Lipinski definition) is 2. The van der Waals surface area contributed by atoms with Gasteiger partial charge in [-0.25, -0.2) is 0 Å². The van der Waals surface area contributed by atoms with Gasteiger partial charge >= 0.3 is 0 Å². The monoisotopic (exact) mass is 151 g/mol. The molecular formula is C8H11N2O. The predicted molar refractivity (Wildman–Crippen MR) is 41.9 cm³/mol. The topological polar surface area (TPSA) is 45.1 Å². The van der Waals surface area contributed by atoms with Gasteiger partial charge < -0.3 is 10.4 Å². The lowest BCUT2D eigenvalue weighted by Crippen LogP contribution is -2.17. The highest BCUT2D eigenvalue weighted by Crippen LogP contribution is 1.92. The van der Waals surface area contributed by atoms with Crippen molar-refractivity contribution in [2.75, 3.05) is 13.2 Å². The zero-order valence-electron chi connectivity index (χ0n) is 6.25. The first kappa shape index (κ1) is 8.17. The summed E-state index contributed by atoms with van der Waals surface area (Å²) in [6.07, 6.45) is 3.40. The van der Waals surface area contributed by atoms with Crippen molar-refractivity contribution in [1.82, 2.24) is 10.3 Å². The Bertz CT molecular complexity index is 189. The van der Waals surface area contributed by atoms with Crippen LogP contribution in [-0.2, 0) is 6.54 Å². The molecule has 0 saturated heterocycles. The lowest BCUT2D eigenvalue weighted by Gasteiger charge is -2.00. The van der Waals surface area contributed by atoms with Gasteiger partial charge in [0, 0.05) is 31.5 Å². The van der Waals surface area contributed by atoms with Gasteiger partial charge in [-0.15, -0.1) is 0 Å². The van der Waals surface area contributed by atoms with Crippen LogP contribution in [0.3, 0.4) is 0 Å². The molecule has 11 heavy (non-hydrogen) atoms. The van der Waals surface area contributed by atoms with Crippen LogP contribution >= 0.6 is 0 Å². The van der Waals surface area contributed by atoms with E-state index in [2.05, 4.69) is 16.4 Å². The van der Waals surface area contributed by atoms with Gasteiger partial charge in [0.2, 0.25) is 0 Å². The van der Waals surface area contributed by atoms with Crippen LogP contribution in [-0.4, -0.2) is 23.2 Å². The van der Waals surface area contributed by atoms with E-state index in [1.165, 1.54) is 0 Å². The van der Waals surface area contributed by atoms with Crippen molar-refractivity contribution in [1.29, 1.82) is 0 Å². The van der Waals surface area contributed by atoms with Crippen LogP contribution in [0.5, 0.6) is 0 Å². The fraction of sp³-hybridized carbons (Fsp3) is 0.375. The molecule has 1 aromatic rings. The molecule has 0 fully saturated rings. The average Bonchev–Trinajstić information content (AvgIpc) is 2.07. The van der Waals surface area contributed by atoms with Crippen molar-refractivity contribution in [3.8, 4) is 0 Å². The first-order chi connectivity index (χ1) is 5.43. The molecule has 1 rings (SSSR count). The summed E-state index contributed by atoms with van der Waals surface area (Å²) in [5.74, 6) is 0. The van der Waals surface area contributed by atoms with Crippen molar-refractivity contribution in [3.05, 3.63) is 30.1 Å². The molecule has 1 aromatic heterocycles. The van der Waals surface area contributed by atoms with Crippen LogP contribution in [0.1, 0.15) is 5.56 Å². The molecule has 0 aliphatic heterocycles. The third-order valence-corrected chi connectivity index (χ3v) is 1.28. The Labute approximate surface area is 66.1 Å². The summed E-state index contributed by atoms with van der Waals surface area (Å²) >= 11 is 0. The van der Waals surface area contributed by atoms with Crippen LogP contribution in [0.25, 0.3) is 0 Å². The van der Waals surface area contributed by atoms with E-state index < -0.39 is 0 Å². The summed E-state index contributed by atoms with van der Waals surface area (Å²) in [5, 5.41) is 11.5. The second-order valence-corrected chi connectivity index (χ2v) is 2.19. The van der Waals surface area contributed by atoms with Gasteiger partial charge in [0.15, 0.2) is 0 Å². The highest BCUT2D eigenvalue weighted by Gasteiger charge is 1.88. The molecule has 0 aromatic carbocycles. The van der Waals surface area contributed by atoms with E-state index in [9.17, 15) is 0 Å². The summed E-state index contributed by atoms with van der Waals surface area (Å²) in [5.41, 5.74) is 1.08. The van der Waals surface area contributed by atoms with Crippen LogP contribution in [0.2, 0.25) is 0 Å². The van der Waals surface area contributed by atoms with Crippen molar-refractivity contribution in [2.24, 2.45) is 0 Å². The van der Waals surface area contributed by atoms with E-state index in [4.69, 9.17) is 5.11 Å². The number of aliphatic hydroxyl groups excluding tert-OH is 1. The molecule has 1 radical (unpaired) electrons. The van der Waals surface area contributed by atoms with E-state index in [0.717, 1.165) is 12.1 Å². The van der Waals surface area contributed by atoms with Gasteiger partial charge in [0.25, 0.3) is 0 Å². The molecule has 0 saturated carbocycles. The lowest BCUT2D eigenvalue weighted by molar-refractivity contribution is 0.292. The largest absolute Gasteiger partial charge is 0.395 e. The van der Waals surface area contributed by atoms with Gasteiger partial charge in [-0.1, -0.05) is 0 Å². The highest BCUT2D eigenvalue weighted by atomic mass is 16.3. The van der Waals surface area contributed by atoms with E-state index in [1.807, 2.05) is 6.07 Å². The second kappa shape index (κ2) is 4.82. The zero-order chi connectivity index (χ0) is 7.94. The maximum atomic E-state index is 8.46. The number of aromatic nitrogens is 1. The average molecular weight is 151 g/mol. The summed E-state index contributed by atoms with van der Waals surface area (Å²) in [7, 11) is 0. The minimum Gasteiger partial charge on any atom is -0.395 e. The normalized spacial score (nSPS) is 9.91. The van der Waals surface area contributed by atoms with Crippen molar-refractivity contribution in [2.45, 2.75) is 6.54 Å². The number of aliphatic hydroxyl groups is 1. The van der Waals surface area contributed by atoms with Gasteiger partial charge in [0.1, 0.15) is 0 Å². The quantitative estimate of drug-likeness (QED) is 0.594. The molecule has 0 aliphatic carbocycles. The Morgan fingerprint density at radius 3 is 3.18 bits per heavy atom. The molecule has 0 spiro atoms. The Morgan fingerprint density at radius 1 is 1.64 bits per heavy atom. The van der Waals surface area contributed by atoms with Crippen molar-refractivity contribution >= 4 is 0 Å². The second-order valence-electron chi connectivity index (χ2n) is 2.19. The molecule has 1 heterocycles. The first-order valence-electron chi connectivity index (χ1n) is 3.55. The minimum atomic E-state index is 0.171. The number of nitrogens with one attached hydrogen (secondary N) is 1. The summed E-state index contributed by atoms with van der Waals surface area (Å²) in [6.45, 7) is 1.53. The molecular weight excluding hydrogens is 140 g/mol. The van der Waals surface area contributed by atoms with Crippen LogP contribution < -0.4 is 5.32 Å².